The van der Waals surface area contributed by atoms with Crippen LogP contribution < -0.4 is 15.4 Å². The molecular formula is C22H23ClN4O5. The van der Waals surface area contributed by atoms with Gasteiger partial charge in [-0.3, -0.25) is 4.79 Å². The van der Waals surface area contributed by atoms with Crippen LogP contribution in [0.25, 0.3) is 0 Å². The molecule has 10 heteroatoms. The minimum absolute atomic E-state index is 0.218. The molecule has 2 aliphatic rings. The smallest absolute Gasteiger partial charge is 0.325 e. The Labute approximate surface area is 190 Å². The Balaban J connectivity index is 1.62. The van der Waals surface area contributed by atoms with E-state index in [9.17, 15) is 9.59 Å². The van der Waals surface area contributed by atoms with Crippen LogP contribution in [-0.4, -0.2) is 62.2 Å². The molecule has 0 atom stereocenters. The summed E-state index contributed by atoms with van der Waals surface area (Å²) in [6, 6.07) is 10.1. The predicted octanol–water partition coefficient (Wildman–Crippen LogP) is 3.54. The molecule has 4 rings (SSSR count). The number of benzene rings is 2. The first kappa shape index (κ1) is 21.9. The number of nitrogens with one attached hydrogen (secondary N) is 2. The molecule has 32 heavy (non-hydrogen) atoms. The van der Waals surface area contributed by atoms with E-state index < -0.39 is 12.0 Å². The highest BCUT2D eigenvalue weighted by molar-refractivity contribution is 6.31. The Bertz CT molecular complexity index is 1050. The fourth-order valence-corrected chi connectivity index (χ4v) is 3.55. The van der Waals surface area contributed by atoms with Crippen molar-refractivity contribution in [3.8, 4) is 11.5 Å². The number of fused-ring (bicyclic) bond motifs is 2. The summed E-state index contributed by atoms with van der Waals surface area (Å²) < 4.78 is 16.4. The van der Waals surface area contributed by atoms with Gasteiger partial charge in [0.2, 0.25) is 0 Å². The van der Waals surface area contributed by atoms with Crippen molar-refractivity contribution in [3.05, 3.63) is 47.0 Å². The van der Waals surface area contributed by atoms with E-state index >= 15 is 0 Å². The van der Waals surface area contributed by atoms with Gasteiger partial charge in [-0.2, -0.15) is 0 Å². The molecule has 2 aromatic rings. The summed E-state index contributed by atoms with van der Waals surface area (Å²) >= 11 is 6.18. The van der Waals surface area contributed by atoms with Crippen molar-refractivity contribution >= 4 is 40.8 Å². The maximum Gasteiger partial charge on any atom is 0.325 e. The molecule has 1 fully saturated rings. The number of esters is 1. The second kappa shape index (κ2) is 9.88. The van der Waals surface area contributed by atoms with Crippen molar-refractivity contribution in [1.82, 2.24) is 10.2 Å². The number of carbonyl (C=O) groups is 2. The molecule has 0 saturated carbocycles. The van der Waals surface area contributed by atoms with Crippen molar-refractivity contribution in [1.29, 1.82) is 0 Å². The molecule has 1 saturated heterocycles. The molecule has 2 aliphatic heterocycles. The highest BCUT2D eigenvalue weighted by atomic mass is 35.5. The zero-order valence-corrected chi connectivity index (χ0v) is 18.3. The van der Waals surface area contributed by atoms with Crippen LogP contribution in [0.15, 0.2) is 41.4 Å². The number of anilines is 1. The van der Waals surface area contributed by atoms with E-state index in [4.69, 9.17) is 30.8 Å². The average molecular weight is 459 g/mol. The highest BCUT2D eigenvalue weighted by Gasteiger charge is 2.25. The molecule has 2 N–H and O–H groups in total. The molecule has 9 nitrogen and oxygen atoms in total. The van der Waals surface area contributed by atoms with Crippen LogP contribution in [0.3, 0.4) is 0 Å². The van der Waals surface area contributed by atoms with Crippen LogP contribution in [0, 0.1) is 0 Å². The van der Waals surface area contributed by atoms with Crippen LogP contribution in [-0.2, 0) is 14.3 Å². The number of rotatable bonds is 4. The van der Waals surface area contributed by atoms with Gasteiger partial charge in [0.25, 0.3) is 0 Å². The van der Waals surface area contributed by atoms with Gasteiger partial charge < -0.3 is 29.7 Å². The third-order valence-corrected chi connectivity index (χ3v) is 5.09. The predicted molar refractivity (Wildman–Crippen MR) is 120 cm³/mol. The number of hydrogen-bond donors (Lipinski definition) is 2. The number of morpholine rings is 1. The highest BCUT2D eigenvalue weighted by Crippen LogP contribution is 2.40. The summed E-state index contributed by atoms with van der Waals surface area (Å²) in [4.78, 5) is 30.7. The van der Waals surface area contributed by atoms with Gasteiger partial charge in [-0.15, -0.1) is 0 Å². The van der Waals surface area contributed by atoms with Crippen LogP contribution in [0.1, 0.15) is 12.5 Å². The largest absolute Gasteiger partial charge is 0.465 e. The lowest BCUT2D eigenvalue weighted by atomic mass is 10.1. The molecule has 0 aliphatic carbocycles. The monoisotopic (exact) mass is 458 g/mol. The fraction of sp³-hybridized carbons (Fsp3) is 0.318. The number of hydrogen-bond acceptors (Lipinski definition) is 7. The van der Waals surface area contributed by atoms with Crippen LogP contribution in [0.2, 0.25) is 5.02 Å². The second-order valence-electron chi connectivity index (χ2n) is 7.07. The molecule has 0 unspecified atom stereocenters. The number of amidine groups is 1. The summed E-state index contributed by atoms with van der Waals surface area (Å²) in [6.07, 6.45) is 0. The minimum Gasteiger partial charge on any atom is -0.465 e. The van der Waals surface area contributed by atoms with Crippen LogP contribution >= 0.6 is 11.6 Å². The maximum absolute atomic E-state index is 12.2. The number of carbonyl (C=O) groups excluding carboxylic acids is 2. The van der Waals surface area contributed by atoms with Gasteiger partial charge >= 0.3 is 12.0 Å². The van der Waals surface area contributed by atoms with E-state index in [1.165, 1.54) is 0 Å². The zero-order chi connectivity index (χ0) is 22.5. The quantitative estimate of drug-likeness (QED) is 0.679. The first-order valence-electron chi connectivity index (χ1n) is 10.3. The zero-order valence-electron chi connectivity index (χ0n) is 17.5. The molecule has 0 bridgehead atoms. The van der Waals surface area contributed by atoms with Gasteiger partial charge in [-0.25, -0.2) is 9.79 Å². The fourth-order valence-electron chi connectivity index (χ4n) is 3.38. The van der Waals surface area contributed by atoms with Gasteiger partial charge in [0.15, 0.2) is 5.75 Å². The molecule has 168 valence electrons. The lowest BCUT2D eigenvalue weighted by Crippen LogP contribution is -2.41. The maximum atomic E-state index is 12.2. The first-order valence-corrected chi connectivity index (χ1v) is 10.6. The number of nitrogens with zero attached hydrogens (tertiary/aromatic N) is 2. The molecular weight excluding hydrogens is 436 g/mol. The third-order valence-electron chi connectivity index (χ3n) is 4.85. The van der Waals surface area contributed by atoms with Gasteiger partial charge in [0.1, 0.15) is 23.8 Å². The Kier molecular flexibility index (Phi) is 6.77. The molecule has 2 amide bonds. The molecule has 0 aromatic heterocycles. The summed E-state index contributed by atoms with van der Waals surface area (Å²) in [5.41, 5.74) is 1.87. The van der Waals surface area contributed by atoms with Gasteiger partial charge in [0.05, 0.1) is 25.4 Å². The summed E-state index contributed by atoms with van der Waals surface area (Å²) in [5.74, 6) is 1.40. The summed E-state index contributed by atoms with van der Waals surface area (Å²) in [6.45, 7) is 4.26. The lowest BCUT2D eigenvalue weighted by molar-refractivity contribution is -0.141. The Morgan fingerprint density at radius 1 is 1.16 bits per heavy atom. The topological polar surface area (TPSA) is 101 Å². The van der Waals surface area contributed by atoms with Gasteiger partial charge in [0, 0.05) is 23.8 Å². The third kappa shape index (κ3) is 5.12. The van der Waals surface area contributed by atoms with E-state index in [0.717, 1.165) is 5.56 Å². The Morgan fingerprint density at radius 3 is 2.72 bits per heavy atom. The van der Waals surface area contributed by atoms with Crippen molar-refractivity contribution < 1.29 is 23.8 Å². The Hall–Kier alpha value is -3.30. The van der Waals surface area contributed by atoms with Crippen molar-refractivity contribution in [2.24, 2.45) is 4.99 Å². The van der Waals surface area contributed by atoms with Crippen molar-refractivity contribution in [3.63, 3.8) is 0 Å². The number of aliphatic imine (C=N–C) groups is 1. The van der Waals surface area contributed by atoms with Crippen molar-refractivity contribution in [2.45, 2.75) is 6.92 Å². The van der Waals surface area contributed by atoms with E-state index in [2.05, 4.69) is 15.5 Å². The molecule has 0 spiro atoms. The number of urea groups is 1. The van der Waals surface area contributed by atoms with E-state index in [0.29, 0.717) is 60.0 Å². The van der Waals surface area contributed by atoms with Gasteiger partial charge in [-0.05, 0) is 43.3 Å². The molecule has 2 heterocycles. The van der Waals surface area contributed by atoms with Gasteiger partial charge in [-0.1, -0.05) is 11.6 Å². The first-order chi connectivity index (χ1) is 15.5. The summed E-state index contributed by atoms with van der Waals surface area (Å²) in [5, 5.41) is 5.77. The SMILES string of the molecule is CCOC(=O)CNC(=O)Nc1ccc2c(c1)C(N1CCOCC1)=Nc1cc(Cl)ccc1O2. The summed E-state index contributed by atoms with van der Waals surface area (Å²) in [7, 11) is 0. The van der Waals surface area contributed by atoms with E-state index in [1.807, 2.05) is 0 Å². The average Bonchev–Trinajstić information content (AvgIpc) is 2.95. The Morgan fingerprint density at radius 2 is 1.94 bits per heavy atom. The number of halogens is 1. The minimum atomic E-state index is -0.521. The van der Waals surface area contributed by atoms with Crippen LogP contribution in [0.5, 0.6) is 11.5 Å². The second-order valence-corrected chi connectivity index (χ2v) is 7.51. The number of amides is 2. The van der Waals surface area contributed by atoms with E-state index in [-0.39, 0.29) is 13.2 Å². The number of ether oxygens (including phenoxy) is 3. The lowest BCUT2D eigenvalue weighted by Gasteiger charge is -2.30. The molecule has 2 aromatic carbocycles. The molecule has 0 radical (unpaired) electrons. The van der Waals surface area contributed by atoms with E-state index in [1.54, 1.807) is 43.3 Å². The standard InChI is InChI=1S/C22H23ClN4O5/c1-2-31-20(28)13-24-22(29)25-15-4-6-18-16(12-15)21(27-7-9-30-10-8-27)26-17-11-14(23)3-5-19(17)32-18/h3-6,11-12H,2,7-10,13H2,1H3,(H2,24,25,29). The normalized spacial score (nSPS) is 14.8. The van der Waals surface area contributed by atoms with Crippen molar-refractivity contribution in [2.75, 3.05) is 44.8 Å². The van der Waals surface area contributed by atoms with Crippen LogP contribution in [0.4, 0.5) is 16.2 Å².